The molecule has 0 spiro atoms. The lowest BCUT2D eigenvalue weighted by Crippen LogP contribution is -1.86. The van der Waals surface area contributed by atoms with Crippen LogP contribution >= 0.6 is 24.2 Å². The average molecular weight is 238 g/mol. The first-order valence-electron chi connectivity index (χ1n) is 4.33. The van der Waals surface area contributed by atoms with Gasteiger partial charge < -0.3 is 4.74 Å². The molecule has 1 aromatic carbocycles. The highest BCUT2D eigenvalue weighted by atomic mass is 35.5. The molecule has 1 aromatic heterocycles. The molecule has 0 atom stereocenters. The largest absolute Gasteiger partial charge is 0.454 e. The molecule has 0 N–H and O–H groups in total. The van der Waals surface area contributed by atoms with Crippen LogP contribution in [0.2, 0.25) is 5.15 Å². The first kappa shape index (κ1) is 10.3. The monoisotopic (exact) mass is 237 g/mol. The lowest BCUT2D eigenvalue weighted by atomic mass is 10.3. The van der Waals surface area contributed by atoms with Crippen LogP contribution in [0.4, 0.5) is 0 Å². The lowest BCUT2D eigenvalue weighted by Gasteiger charge is -2.06. The van der Waals surface area contributed by atoms with E-state index in [4.69, 9.17) is 16.3 Å². The van der Waals surface area contributed by atoms with Crippen LogP contribution in [0.15, 0.2) is 47.5 Å². The van der Waals surface area contributed by atoms with Gasteiger partial charge in [0.05, 0.1) is 0 Å². The quantitative estimate of drug-likeness (QED) is 0.634. The summed E-state index contributed by atoms with van der Waals surface area (Å²) in [6, 6.07) is 10.9. The number of thiol groups is 1. The van der Waals surface area contributed by atoms with Crippen LogP contribution < -0.4 is 4.74 Å². The Hall–Kier alpha value is -1.19. The molecule has 0 saturated heterocycles. The Morgan fingerprint density at radius 2 is 1.87 bits per heavy atom. The number of hydrogen-bond acceptors (Lipinski definition) is 3. The third-order valence-corrected chi connectivity index (χ3v) is 2.37. The summed E-state index contributed by atoms with van der Waals surface area (Å²) in [7, 11) is 0. The zero-order valence-electron chi connectivity index (χ0n) is 7.72. The predicted molar refractivity (Wildman–Crippen MR) is 63.0 cm³/mol. The highest BCUT2D eigenvalue weighted by Gasteiger charge is 2.02. The molecule has 2 nitrogen and oxygen atoms in total. The van der Waals surface area contributed by atoms with Crippen LogP contribution in [0.3, 0.4) is 0 Å². The molecule has 0 amide bonds. The second-order valence-electron chi connectivity index (χ2n) is 2.89. The Morgan fingerprint density at radius 3 is 2.53 bits per heavy atom. The Balaban J connectivity index is 2.22. The van der Waals surface area contributed by atoms with Gasteiger partial charge in [0.15, 0.2) is 10.9 Å². The van der Waals surface area contributed by atoms with Crippen LogP contribution in [0, 0.1) is 0 Å². The highest BCUT2D eigenvalue weighted by Crippen LogP contribution is 2.27. The molecular formula is C11H8ClNOS. The summed E-state index contributed by atoms with van der Waals surface area (Å²) in [5.41, 5.74) is 0. The molecule has 0 aliphatic heterocycles. The van der Waals surface area contributed by atoms with E-state index in [1.54, 1.807) is 18.3 Å². The van der Waals surface area contributed by atoms with Crippen LogP contribution in [-0.4, -0.2) is 4.98 Å². The zero-order valence-corrected chi connectivity index (χ0v) is 9.37. The van der Waals surface area contributed by atoms with Crippen molar-refractivity contribution >= 4 is 24.2 Å². The minimum Gasteiger partial charge on any atom is -0.454 e. The smallest absolute Gasteiger partial charge is 0.171 e. The number of pyridine rings is 1. The maximum absolute atomic E-state index is 5.85. The molecule has 1 heterocycles. The normalized spacial score (nSPS) is 10.0. The molecule has 0 unspecified atom stereocenters. The Labute approximate surface area is 98.3 Å². The summed E-state index contributed by atoms with van der Waals surface area (Å²) in [5.74, 6) is 1.26. The van der Waals surface area contributed by atoms with Crippen molar-refractivity contribution in [1.29, 1.82) is 0 Å². The van der Waals surface area contributed by atoms with E-state index in [-0.39, 0.29) is 0 Å². The maximum Gasteiger partial charge on any atom is 0.171 e. The van der Waals surface area contributed by atoms with Crippen molar-refractivity contribution in [3.63, 3.8) is 0 Å². The predicted octanol–water partition coefficient (Wildman–Crippen LogP) is 3.82. The van der Waals surface area contributed by atoms with E-state index in [2.05, 4.69) is 17.6 Å². The first-order valence-corrected chi connectivity index (χ1v) is 5.15. The van der Waals surface area contributed by atoms with Gasteiger partial charge >= 0.3 is 0 Å². The second-order valence-corrected chi connectivity index (χ2v) is 3.76. The second kappa shape index (κ2) is 4.55. The first-order chi connectivity index (χ1) is 7.25. The average Bonchev–Trinajstić information content (AvgIpc) is 2.25. The minimum atomic E-state index is 0.354. The van der Waals surface area contributed by atoms with Gasteiger partial charge in [-0.05, 0) is 36.4 Å². The maximum atomic E-state index is 5.85. The summed E-state index contributed by atoms with van der Waals surface area (Å²) in [5, 5.41) is 0.354. The van der Waals surface area contributed by atoms with Crippen LogP contribution in [0.25, 0.3) is 0 Å². The lowest BCUT2D eigenvalue weighted by molar-refractivity contribution is 0.480. The molecule has 0 fully saturated rings. The van der Waals surface area contributed by atoms with Gasteiger partial charge in [0.2, 0.25) is 0 Å². The molecule has 2 rings (SSSR count). The SMILES string of the molecule is Sc1ccc(Oc2cccnc2Cl)cc1. The van der Waals surface area contributed by atoms with Crippen molar-refractivity contribution in [2.45, 2.75) is 4.90 Å². The van der Waals surface area contributed by atoms with Crippen molar-refractivity contribution in [3.05, 3.63) is 47.7 Å². The van der Waals surface area contributed by atoms with Crippen molar-refractivity contribution in [3.8, 4) is 11.5 Å². The standard InChI is InChI=1S/C11H8ClNOS/c12-11-10(2-1-7-13-11)14-8-3-5-9(15)6-4-8/h1-7,15H. The number of halogens is 1. The molecule has 0 saturated carbocycles. The molecule has 76 valence electrons. The molecular weight excluding hydrogens is 230 g/mol. The minimum absolute atomic E-state index is 0.354. The number of nitrogens with zero attached hydrogens (tertiary/aromatic N) is 1. The van der Waals surface area contributed by atoms with E-state index in [0.717, 1.165) is 4.90 Å². The Bertz CT molecular complexity index is 458. The molecule has 2 aromatic rings. The van der Waals surface area contributed by atoms with E-state index in [1.807, 2.05) is 24.3 Å². The van der Waals surface area contributed by atoms with Crippen molar-refractivity contribution < 1.29 is 4.74 Å². The molecule has 0 aliphatic rings. The molecule has 0 radical (unpaired) electrons. The number of ether oxygens (including phenoxy) is 1. The Kier molecular flexibility index (Phi) is 3.14. The van der Waals surface area contributed by atoms with Crippen molar-refractivity contribution in [2.24, 2.45) is 0 Å². The van der Waals surface area contributed by atoms with Crippen LogP contribution in [0.5, 0.6) is 11.5 Å². The summed E-state index contributed by atoms with van der Waals surface area (Å²) in [4.78, 5) is 4.81. The summed E-state index contributed by atoms with van der Waals surface area (Å²) in [6.45, 7) is 0. The van der Waals surface area contributed by atoms with E-state index >= 15 is 0 Å². The number of rotatable bonds is 2. The van der Waals surface area contributed by atoms with E-state index < -0.39 is 0 Å². The van der Waals surface area contributed by atoms with Gasteiger partial charge in [-0.3, -0.25) is 0 Å². The van der Waals surface area contributed by atoms with Gasteiger partial charge in [0, 0.05) is 11.1 Å². The van der Waals surface area contributed by atoms with E-state index in [1.165, 1.54) is 0 Å². The molecule has 15 heavy (non-hydrogen) atoms. The van der Waals surface area contributed by atoms with Gasteiger partial charge in [0.1, 0.15) is 5.75 Å². The third-order valence-electron chi connectivity index (χ3n) is 1.79. The number of aromatic nitrogens is 1. The zero-order chi connectivity index (χ0) is 10.7. The van der Waals surface area contributed by atoms with Crippen LogP contribution in [0.1, 0.15) is 0 Å². The molecule has 0 bridgehead atoms. The fourth-order valence-electron chi connectivity index (χ4n) is 1.09. The van der Waals surface area contributed by atoms with Crippen molar-refractivity contribution in [2.75, 3.05) is 0 Å². The molecule has 0 aliphatic carbocycles. The van der Waals surface area contributed by atoms with E-state index in [9.17, 15) is 0 Å². The van der Waals surface area contributed by atoms with Gasteiger partial charge in [-0.1, -0.05) is 11.6 Å². The van der Waals surface area contributed by atoms with Gasteiger partial charge in [0.25, 0.3) is 0 Å². The molecule has 4 heteroatoms. The van der Waals surface area contributed by atoms with Gasteiger partial charge in [-0.25, -0.2) is 4.98 Å². The fourth-order valence-corrected chi connectivity index (χ4v) is 1.40. The summed E-state index contributed by atoms with van der Waals surface area (Å²) < 4.78 is 5.54. The van der Waals surface area contributed by atoms with Gasteiger partial charge in [-0.2, -0.15) is 0 Å². The summed E-state index contributed by atoms with van der Waals surface area (Å²) >= 11 is 10.0. The van der Waals surface area contributed by atoms with Gasteiger partial charge in [-0.15, -0.1) is 12.6 Å². The van der Waals surface area contributed by atoms with Crippen LogP contribution in [-0.2, 0) is 0 Å². The summed E-state index contributed by atoms with van der Waals surface area (Å²) in [6.07, 6.45) is 1.62. The highest BCUT2D eigenvalue weighted by molar-refractivity contribution is 7.80. The van der Waals surface area contributed by atoms with E-state index in [0.29, 0.717) is 16.7 Å². The third kappa shape index (κ3) is 2.64. The fraction of sp³-hybridized carbons (Fsp3) is 0. The number of benzene rings is 1. The topological polar surface area (TPSA) is 22.1 Å². The number of hydrogen-bond donors (Lipinski definition) is 1. The Morgan fingerprint density at radius 1 is 1.13 bits per heavy atom. The van der Waals surface area contributed by atoms with Crippen molar-refractivity contribution in [1.82, 2.24) is 4.98 Å².